The lowest BCUT2D eigenvalue weighted by Crippen LogP contribution is -2.14. The van der Waals surface area contributed by atoms with Gasteiger partial charge >= 0.3 is 12.1 Å². The molecule has 0 aliphatic carbocycles. The summed E-state index contributed by atoms with van der Waals surface area (Å²) in [6.45, 7) is 0. The predicted molar refractivity (Wildman–Crippen MR) is 62.9 cm³/mol. The van der Waals surface area contributed by atoms with Crippen molar-refractivity contribution >= 4 is 21.9 Å². The molecule has 0 aliphatic rings. The standard InChI is InChI=1S/C11H11BrF3NO2/c12-8-4-6(9(16)1-2-10(17)18)3-7(5-8)11(13,14)15/h3-5,9H,1-2,16H2,(H,17,18). The number of alkyl halides is 3. The molecule has 7 heteroatoms. The van der Waals surface area contributed by atoms with Crippen LogP contribution in [0, 0.1) is 0 Å². The largest absolute Gasteiger partial charge is 0.481 e. The molecule has 100 valence electrons. The first kappa shape index (κ1) is 15.0. The van der Waals surface area contributed by atoms with Crippen LogP contribution >= 0.6 is 15.9 Å². The van der Waals surface area contributed by atoms with Crippen LogP contribution in [-0.4, -0.2) is 11.1 Å². The third kappa shape index (κ3) is 4.30. The van der Waals surface area contributed by atoms with Crippen LogP contribution in [0.1, 0.15) is 30.0 Å². The van der Waals surface area contributed by atoms with Crippen molar-refractivity contribution in [3.05, 3.63) is 33.8 Å². The maximum atomic E-state index is 12.6. The monoisotopic (exact) mass is 325 g/mol. The highest BCUT2D eigenvalue weighted by molar-refractivity contribution is 9.10. The van der Waals surface area contributed by atoms with Crippen molar-refractivity contribution in [1.29, 1.82) is 0 Å². The minimum atomic E-state index is -4.45. The summed E-state index contributed by atoms with van der Waals surface area (Å²) in [7, 11) is 0. The average Bonchev–Trinajstić information content (AvgIpc) is 2.23. The fraction of sp³-hybridized carbons (Fsp3) is 0.364. The van der Waals surface area contributed by atoms with E-state index < -0.39 is 23.8 Å². The van der Waals surface area contributed by atoms with Crippen molar-refractivity contribution in [3.8, 4) is 0 Å². The maximum Gasteiger partial charge on any atom is 0.416 e. The van der Waals surface area contributed by atoms with Crippen molar-refractivity contribution in [2.45, 2.75) is 25.1 Å². The van der Waals surface area contributed by atoms with E-state index in [0.29, 0.717) is 0 Å². The van der Waals surface area contributed by atoms with Crippen LogP contribution in [0.15, 0.2) is 22.7 Å². The minimum absolute atomic E-state index is 0.0864. The van der Waals surface area contributed by atoms with Crippen molar-refractivity contribution in [1.82, 2.24) is 0 Å². The second-order valence-corrected chi connectivity index (χ2v) is 4.73. The smallest absolute Gasteiger partial charge is 0.416 e. The molecule has 0 spiro atoms. The van der Waals surface area contributed by atoms with Gasteiger partial charge in [-0.15, -0.1) is 0 Å². The van der Waals surface area contributed by atoms with E-state index in [0.717, 1.165) is 12.1 Å². The molecule has 3 N–H and O–H groups in total. The van der Waals surface area contributed by atoms with Gasteiger partial charge in [-0.2, -0.15) is 13.2 Å². The van der Waals surface area contributed by atoms with E-state index in [-0.39, 0.29) is 22.9 Å². The number of carbonyl (C=O) groups is 1. The molecule has 0 amide bonds. The summed E-state index contributed by atoms with van der Waals surface area (Å²) in [6.07, 6.45) is -4.55. The topological polar surface area (TPSA) is 63.3 Å². The van der Waals surface area contributed by atoms with Crippen LogP contribution in [0.2, 0.25) is 0 Å². The fourth-order valence-electron chi connectivity index (χ4n) is 1.44. The molecule has 1 aromatic carbocycles. The van der Waals surface area contributed by atoms with Crippen LogP contribution < -0.4 is 5.73 Å². The molecule has 3 nitrogen and oxygen atoms in total. The molecular formula is C11H11BrF3NO2. The second-order valence-electron chi connectivity index (χ2n) is 3.81. The molecule has 1 aromatic rings. The average molecular weight is 326 g/mol. The molecule has 0 radical (unpaired) electrons. The van der Waals surface area contributed by atoms with Crippen molar-refractivity contribution in [2.75, 3.05) is 0 Å². The molecule has 0 bridgehead atoms. The third-order valence-electron chi connectivity index (χ3n) is 2.34. The summed E-state index contributed by atoms with van der Waals surface area (Å²) in [5.41, 5.74) is 5.13. The summed E-state index contributed by atoms with van der Waals surface area (Å²) in [6, 6.07) is 2.62. The maximum absolute atomic E-state index is 12.6. The number of carboxylic acids is 1. The van der Waals surface area contributed by atoms with Gasteiger partial charge in [0, 0.05) is 16.9 Å². The van der Waals surface area contributed by atoms with Gasteiger partial charge in [0.2, 0.25) is 0 Å². The first-order valence-electron chi connectivity index (χ1n) is 5.05. The molecule has 0 saturated carbocycles. The van der Waals surface area contributed by atoms with Gasteiger partial charge in [-0.1, -0.05) is 15.9 Å². The predicted octanol–water partition coefficient (Wildman–Crippen LogP) is 3.33. The van der Waals surface area contributed by atoms with Gasteiger partial charge < -0.3 is 10.8 Å². The molecule has 0 heterocycles. The Bertz CT molecular complexity index is 448. The Balaban J connectivity index is 2.95. The number of nitrogens with two attached hydrogens (primary N) is 1. The van der Waals surface area contributed by atoms with E-state index in [9.17, 15) is 18.0 Å². The number of carboxylic acid groups (broad SMARTS) is 1. The van der Waals surface area contributed by atoms with E-state index in [1.165, 1.54) is 6.07 Å². The molecule has 0 saturated heterocycles. The number of hydrogen-bond donors (Lipinski definition) is 2. The van der Waals surface area contributed by atoms with Crippen molar-refractivity contribution in [2.24, 2.45) is 5.73 Å². The quantitative estimate of drug-likeness (QED) is 0.892. The fourth-order valence-corrected chi connectivity index (χ4v) is 1.95. The van der Waals surface area contributed by atoms with Gasteiger partial charge in [-0.3, -0.25) is 4.79 Å². The Morgan fingerprint density at radius 1 is 1.39 bits per heavy atom. The zero-order chi connectivity index (χ0) is 13.9. The molecule has 0 aromatic heterocycles. The third-order valence-corrected chi connectivity index (χ3v) is 2.80. The van der Waals surface area contributed by atoms with Crippen LogP contribution in [0.25, 0.3) is 0 Å². The van der Waals surface area contributed by atoms with Gasteiger partial charge in [0.15, 0.2) is 0 Å². The van der Waals surface area contributed by atoms with Crippen LogP contribution in [0.3, 0.4) is 0 Å². The van der Waals surface area contributed by atoms with Gasteiger partial charge in [0.05, 0.1) is 5.56 Å². The van der Waals surface area contributed by atoms with E-state index >= 15 is 0 Å². The highest BCUT2D eigenvalue weighted by Gasteiger charge is 2.31. The van der Waals surface area contributed by atoms with E-state index in [1.807, 2.05) is 0 Å². The number of halogens is 4. The van der Waals surface area contributed by atoms with E-state index in [1.54, 1.807) is 0 Å². The van der Waals surface area contributed by atoms with Gasteiger partial charge in [0.1, 0.15) is 0 Å². The second kappa shape index (κ2) is 5.71. The zero-order valence-corrected chi connectivity index (χ0v) is 10.8. The lowest BCUT2D eigenvalue weighted by Gasteiger charge is -2.14. The SMILES string of the molecule is NC(CCC(=O)O)c1cc(Br)cc(C(F)(F)F)c1. The van der Waals surface area contributed by atoms with E-state index in [2.05, 4.69) is 15.9 Å². The summed E-state index contributed by atoms with van der Waals surface area (Å²) in [4.78, 5) is 10.4. The lowest BCUT2D eigenvalue weighted by molar-refractivity contribution is -0.138. The Hall–Kier alpha value is -1.08. The first-order valence-corrected chi connectivity index (χ1v) is 5.84. The molecule has 0 aliphatic heterocycles. The summed E-state index contributed by atoms with van der Waals surface area (Å²) >= 11 is 2.98. The van der Waals surface area contributed by atoms with Crippen LogP contribution in [0.5, 0.6) is 0 Å². The van der Waals surface area contributed by atoms with Crippen LogP contribution in [-0.2, 0) is 11.0 Å². The van der Waals surface area contributed by atoms with Gasteiger partial charge in [0.25, 0.3) is 0 Å². The molecule has 0 fully saturated rings. The normalized spacial score (nSPS) is 13.4. The molecule has 1 rings (SSSR count). The number of hydrogen-bond acceptors (Lipinski definition) is 2. The highest BCUT2D eigenvalue weighted by Crippen LogP contribution is 2.33. The number of benzene rings is 1. The first-order chi connectivity index (χ1) is 8.20. The molecule has 1 atom stereocenters. The van der Waals surface area contributed by atoms with Crippen molar-refractivity contribution in [3.63, 3.8) is 0 Å². The Labute approximate surface area is 110 Å². The summed E-state index contributed by atoms with van der Waals surface area (Å²) < 4.78 is 38.0. The Morgan fingerprint density at radius 2 is 2.00 bits per heavy atom. The van der Waals surface area contributed by atoms with Gasteiger partial charge in [-0.25, -0.2) is 0 Å². The molecule has 1 unspecified atom stereocenters. The van der Waals surface area contributed by atoms with Gasteiger partial charge in [-0.05, 0) is 30.2 Å². The summed E-state index contributed by atoms with van der Waals surface area (Å²) in [5.74, 6) is -1.03. The Morgan fingerprint density at radius 3 is 2.50 bits per heavy atom. The minimum Gasteiger partial charge on any atom is -0.481 e. The highest BCUT2D eigenvalue weighted by atomic mass is 79.9. The zero-order valence-electron chi connectivity index (χ0n) is 9.17. The summed E-state index contributed by atoms with van der Waals surface area (Å²) in [5, 5.41) is 8.50. The van der Waals surface area contributed by atoms with Crippen molar-refractivity contribution < 1.29 is 23.1 Å². The number of rotatable bonds is 4. The molecular weight excluding hydrogens is 315 g/mol. The Kier molecular flexibility index (Phi) is 4.75. The van der Waals surface area contributed by atoms with E-state index in [4.69, 9.17) is 10.8 Å². The molecule has 18 heavy (non-hydrogen) atoms. The number of aliphatic carboxylic acids is 1. The van der Waals surface area contributed by atoms with Crippen LogP contribution in [0.4, 0.5) is 13.2 Å². The lowest BCUT2D eigenvalue weighted by atomic mass is 10.0.